The number of hydrogen-bond acceptors (Lipinski definition) is 3. The van der Waals surface area contributed by atoms with Crippen LogP contribution in [-0.4, -0.2) is 20.2 Å². The number of ether oxygens (including phenoxy) is 2. The third-order valence-corrected chi connectivity index (χ3v) is 4.25. The zero-order valence-electron chi connectivity index (χ0n) is 14.1. The van der Waals surface area contributed by atoms with Gasteiger partial charge in [0.15, 0.2) is 17.5 Å². The van der Waals surface area contributed by atoms with Gasteiger partial charge in [-0.25, -0.2) is 4.99 Å². The number of aryl methyl sites for hydroxylation is 2. The Hall–Kier alpha value is -2.69. The first kappa shape index (κ1) is 16.2. The average molecular weight is 325 g/mol. The summed E-state index contributed by atoms with van der Waals surface area (Å²) in [7, 11) is 3.24. The van der Waals surface area contributed by atoms with Gasteiger partial charge in [-0.1, -0.05) is 12.1 Å². The molecule has 1 aliphatic carbocycles. The molecule has 3 rings (SSSR count). The normalized spacial score (nSPS) is 13.5. The molecule has 0 radical (unpaired) electrons. The SMILES string of the molecule is COc1ccc(CN=C(N)Nc2ccc3c(c2)CCC3)cc1OC. The standard InChI is InChI=1S/C19H23N3O2/c1-23-17-9-6-13(10-18(17)24-2)12-21-19(20)22-16-8-7-14-4-3-5-15(14)11-16/h6-11H,3-5,12H2,1-2H3,(H3,20,21,22). The van der Waals surface area contributed by atoms with Gasteiger partial charge in [0.1, 0.15) is 0 Å². The molecule has 0 amide bonds. The number of anilines is 1. The summed E-state index contributed by atoms with van der Waals surface area (Å²) in [5.41, 5.74) is 10.9. The Morgan fingerprint density at radius 2 is 1.83 bits per heavy atom. The Morgan fingerprint density at radius 3 is 2.62 bits per heavy atom. The summed E-state index contributed by atoms with van der Waals surface area (Å²) >= 11 is 0. The second-order valence-electron chi connectivity index (χ2n) is 5.85. The monoisotopic (exact) mass is 325 g/mol. The number of nitrogens with one attached hydrogen (secondary N) is 1. The highest BCUT2D eigenvalue weighted by atomic mass is 16.5. The zero-order valence-corrected chi connectivity index (χ0v) is 14.1. The molecule has 0 aliphatic heterocycles. The summed E-state index contributed by atoms with van der Waals surface area (Å²) in [6.45, 7) is 0.476. The van der Waals surface area contributed by atoms with Gasteiger partial charge >= 0.3 is 0 Å². The third kappa shape index (κ3) is 3.62. The van der Waals surface area contributed by atoms with E-state index >= 15 is 0 Å². The van der Waals surface area contributed by atoms with Crippen LogP contribution in [0.3, 0.4) is 0 Å². The lowest BCUT2D eigenvalue weighted by atomic mass is 10.1. The minimum atomic E-state index is 0.405. The van der Waals surface area contributed by atoms with E-state index in [-0.39, 0.29) is 0 Å². The van der Waals surface area contributed by atoms with Crippen LogP contribution < -0.4 is 20.5 Å². The van der Waals surface area contributed by atoms with Crippen LogP contribution in [-0.2, 0) is 19.4 Å². The summed E-state index contributed by atoms with van der Waals surface area (Å²) < 4.78 is 10.5. The van der Waals surface area contributed by atoms with E-state index in [9.17, 15) is 0 Å². The van der Waals surface area contributed by atoms with Crippen molar-refractivity contribution in [1.82, 2.24) is 0 Å². The molecule has 0 aromatic heterocycles. The molecule has 5 nitrogen and oxygen atoms in total. The fourth-order valence-electron chi connectivity index (χ4n) is 2.99. The minimum Gasteiger partial charge on any atom is -0.493 e. The predicted octanol–water partition coefficient (Wildman–Crippen LogP) is 3.12. The molecule has 5 heteroatoms. The van der Waals surface area contributed by atoms with E-state index in [4.69, 9.17) is 15.2 Å². The van der Waals surface area contributed by atoms with Crippen molar-refractivity contribution >= 4 is 11.6 Å². The van der Waals surface area contributed by atoms with Crippen molar-refractivity contribution in [3.63, 3.8) is 0 Å². The largest absolute Gasteiger partial charge is 0.493 e. The molecule has 3 N–H and O–H groups in total. The highest BCUT2D eigenvalue weighted by Gasteiger charge is 2.11. The van der Waals surface area contributed by atoms with Crippen molar-refractivity contribution in [2.75, 3.05) is 19.5 Å². The number of benzene rings is 2. The van der Waals surface area contributed by atoms with Gasteiger partial charge in [0.25, 0.3) is 0 Å². The summed E-state index contributed by atoms with van der Waals surface area (Å²) in [6, 6.07) is 12.1. The molecule has 0 bridgehead atoms. The number of methoxy groups -OCH3 is 2. The van der Waals surface area contributed by atoms with Crippen LogP contribution in [0.2, 0.25) is 0 Å². The van der Waals surface area contributed by atoms with Crippen LogP contribution in [0.25, 0.3) is 0 Å². The molecule has 24 heavy (non-hydrogen) atoms. The van der Waals surface area contributed by atoms with Gasteiger partial charge in [0.05, 0.1) is 20.8 Å². The Morgan fingerprint density at radius 1 is 1.04 bits per heavy atom. The Kier molecular flexibility index (Phi) is 4.89. The van der Waals surface area contributed by atoms with Crippen LogP contribution in [0.4, 0.5) is 5.69 Å². The molecule has 0 saturated carbocycles. The molecular formula is C19H23N3O2. The van der Waals surface area contributed by atoms with Gasteiger partial charge in [0.2, 0.25) is 0 Å². The summed E-state index contributed by atoms with van der Waals surface area (Å²) in [6.07, 6.45) is 3.56. The van der Waals surface area contributed by atoms with E-state index in [1.165, 1.54) is 24.0 Å². The lowest BCUT2D eigenvalue weighted by Gasteiger charge is -2.10. The molecule has 0 atom stereocenters. The van der Waals surface area contributed by atoms with Crippen LogP contribution in [0.15, 0.2) is 41.4 Å². The molecule has 1 aliphatic rings. The topological polar surface area (TPSA) is 68.9 Å². The first-order chi connectivity index (χ1) is 11.7. The second-order valence-corrected chi connectivity index (χ2v) is 5.85. The van der Waals surface area contributed by atoms with Gasteiger partial charge in [-0.15, -0.1) is 0 Å². The minimum absolute atomic E-state index is 0.405. The first-order valence-electron chi connectivity index (χ1n) is 8.09. The summed E-state index contributed by atoms with van der Waals surface area (Å²) in [5, 5.41) is 3.16. The van der Waals surface area contributed by atoms with E-state index < -0.39 is 0 Å². The lowest BCUT2D eigenvalue weighted by Crippen LogP contribution is -2.22. The molecule has 126 valence electrons. The molecule has 0 unspecified atom stereocenters. The predicted molar refractivity (Wildman–Crippen MR) is 97.0 cm³/mol. The number of aliphatic imine (C=N–C) groups is 1. The third-order valence-electron chi connectivity index (χ3n) is 4.25. The maximum atomic E-state index is 6.01. The first-order valence-corrected chi connectivity index (χ1v) is 8.09. The van der Waals surface area contributed by atoms with Crippen molar-refractivity contribution in [2.24, 2.45) is 10.7 Å². The van der Waals surface area contributed by atoms with Crippen molar-refractivity contribution in [3.8, 4) is 11.5 Å². The zero-order chi connectivity index (χ0) is 16.9. The highest BCUT2D eigenvalue weighted by Crippen LogP contribution is 2.28. The van der Waals surface area contributed by atoms with Gasteiger partial charge in [-0.05, 0) is 60.2 Å². The maximum Gasteiger partial charge on any atom is 0.193 e. The van der Waals surface area contributed by atoms with E-state index in [0.29, 0.717) is 24.0 Å². The Bertz CT molecular complexity index is 756. The van der Waals surface area contributed by atoms with E-state index in [2.05, 4.69) is 28.5 Å². The van der Waals surface area contributed by atoms with Crippen LogP contribution in [0, 0.1) is 0 Å². The lowest BCUT2D eigenvalue weighted by molar-refractivity contribution is 0.354. The fraction of sp³-hybridized carbons (Fsp3) is 0.316. The maximum absolute atomic E-state index is 6.01. The number of nitrogens with two attached hydrogens (primary N) is 1. The van der Waals surface area contributed by atoms with Crippen molar-refractivity contribution in [1.29, 1.82) is 0 Å². The molecule has 2 aromatic carbocycles. The highest BCUT2D eigenvalue weighted by molar-refractivity contribution is 5.92. The number of rotatable bonds is 5. The average Bonchev–Trinajstić information content (AvgIpc) is 3.07. The summed E-state index contributed by atoms with van der Waals surface area (Å²) in [4.78, 5) is 4.40. The number of nitrogens with zero attached hydrogens (tertiary/aromatic N) is 1. The molecule has 0 fully saturated rings. The van der Waals surface area contributed by atoms with Gasteiger partial charge in [-0.3, -0.25) is 0 Å². The van der Waals surface area contributed by atoms with Crippen molar-refractivity contribution in [2.45, 2.75) is 25.8 Å². The van der Waals surface area contributed by atoms with Gasteiger partial charge in [-0.2, -0.15) is 0 Å². The van der Waals surface area contributed by atoms with Crippen LogP contribution in [0.1, 0.15) is 23.1 Å². The number of hydrogen-bond donors (Lipinski definition) is 2. The fourth-order valence-corrected chi connectivity index (χ4v) is 2.99. The molecular weight excluding hydrogens is 302 g/mol. The van der Waals surface area contributed by atoms with E-state index in [1.807, 2.05) is 18.2 Å². The van der Waals surface area contributed by atoms with Crippen LogP contribution in [0.5, 0.6) is 11.5 Å². The Balaban J connectivity index is 1.66. The van der Waals surface area contributed by atoms with E-state index in [0.717, 1.165) is 17.7 Å². The van der Waals surface area contributed by atoms with Gasteiger partial charge < -0.3 is 20.5 Å². The molecule has 2 aromatic rings. The van der Waals surface area contributed by atoms with Crippen molar-refractivity contribution in [3.05, 3.63) is 53.1 Å². The molecule has 0 spiro atoms. The smallest absolute Gasteiger partial charge is 0.193 e. The quantitative estimate of drug-likeness (QED) is 0.654. The van der Waals surface area contributed by atoms with Crippen LogP contribution >= 0.6 is 0 Å². The second kappa shape index (κ2) is 7.25. The molecule has 0 heterocycles. The number of fused-ring (bicyclic) bond motifs is 1. The number of guanidine groups is 1. The summed E-state index contributed by atoms with van der Waals surface area (Å²) in [5.74, 6) is 1.80. The Labute approximate surface area is 142 Å². The van der Waals surface area contributed by atoms with Crippen molar-refractivity contribution < 1.29 is 9.47 Å². The van der Waals surface area contributed by atoms with E-state index in [1.54, 1.807) is 14.2 Å². The molecule has 0 saturated heterocycles. The van der Waals surface area contributed by atoms with Gasteiger partial charge in [0, 0.05) is 5.69 Å².